The third-order valence-electron chi connectivity index (χ3n) is 5.13. The van der Waals surface area contributed by atoms with Crippen molar-refractivity contribution in [2.75, 3.05) is 18.1 Å². The van der Waals surface area contributed by atoms with Gasteiger partial charge in [-0.3, -0.25) is 9.59 Å². The van der Waals surface area contributed by atoms with E-state index in [9.17, 15) is 19.2 Å². The van der Waals surface area contributed by atoms with Crippen molar-refractivity contribution in [2.45, 2.75) is 0 Å². The van der Waals surface area contributed by atoms with Crippen LogP contribution in [0.15, 0.2) is 79.9 Å². The highest BCUT2D eigenvalue weighted by molar-refractivity contribution is 6.37. The summed E-state index contributed by atoms with van der Waals surface area (Å²) < 4.78 is 10.2. The van der Waals surface area contributed by atoms with Gasteiger partial charge in [-0.15, -0.1) is 0 Å². The van der Waals surface area contributed by atoms with Gasteiger partial charge in [0.2, 0.25) is 0 Å². The van der Waals surface area contributed by atoms with Crippen LogP contribution in [0.5, 0.6) is 0 Å². The van der Waals surface area contributed by atoms with Crippen LogP contribution in [0.3, 0.4) is 0 Å². The molecule has 0 spiro atoms. The van der Waals surface area contributed by atoms with Crippen LogP contribution in [0.1, 0.15) is 41.4 Å². The monoisotopic (exact) mass is 441 g/mol. The number of amides is 2. The second-order valence-corrected chi connectivity index (χ2v) is 7.16. The van der Waals surface area contributed by atoms with Crippen LogP contribution in [0.2, 0.25) is 0 Å². The highest BCUT2D eigenvalue weighted by Gasteiger charge is 2.40. The molecular formula is C26H19NO6. The standard InChI is InChI=1S/C26H19NO6/c1-3-13-32-25(30)17-10-11-19-21(15-17)24(29)27(23(19)28)22-18-8-6-5-7-16(18)9-12-20(22)26(31)33-14-4-2/h3-12,15H,1-2,13-14H2. The molecule has 0 unspecified atom stereocenters. The number of esters is 2. The molecule has 0 saturated heterocycles. The Bertz CT molecular complexity index is 1340. The number of benzene rings is 3. The molecular weight excluding hydrogens is 422 g/mol. The summed E-state index contributed by atoms with van der Waals surface area (Å²) in [7, 11) is 0. The molecule has 1 heterocycles. The third-order valence-corrected chi connectivity index (χ3v) is 5.13. The van der Waals surface area contributed by atoms with E-state index >= 15 is 0 Å². The van der Waals surface area contributed by atoms with E-state index in [4.69, 9.17) is 9.47 Å². The van der Waals surface area contributed by atoms with Gasteiger partial charge in [0.1, 0.15) is 13.2 Å². The summed E-state index contributed by atoms with van der Waals surface area (Å²) in [5.41, 5.74) is 0.493. The number of carbonyl (C=O) groups excluding carboxylic acids is 4. The van der Waals surface area contributed by atoms with Crippen LogP contribution in [0.25, 0.3) is 10.8 Å². The molecule has 7 nitrogen and oxygen atoms in total. The van der Waals surface area contributed by atoms with Gasteiger partial charge in [-0.2, -0.15) is 0 Å². The maximum absolute atomic E-state index is 13.4. The fourth-order valence-corrected chi connectivity index (χ4v) is 3.66. The zero-order valence-electron chi connectivity index (χ0n) is 17.6. The van der Waals surface area contributed by atoms with Gasteiger partial charge >= 0.3 is 11.9 Å². The van der Waals surface area contributed by atoms with Crippen molar-refractivity contribution >= 4 is 40.2 Å². The molecule has 0 atom stereocenters. The molecule has 0 fully saturated rings. The van der Waals surface area contributed by atoms with E-state index in [1.54, 1.807) is 18.2 Å². The first kappa shape index (κ1) is 21.7. The SMILES string of the molecule is C=CCOC(=O)c1ccc2c(c1)C(=O)N(c1c(C(=O)OCC=C)ccc3ccccc13)C2=O. The lowest BCUT2D eigenvalue weighted by Gasteiger charge is -2.20. The van der Waals surface area contributed by atoms with Crippen molar-refractivity contribution in [1.82, 2.24) is 0 Å². The Balaban J connectivity index is 1.84. The summed E-state index contributed by atoms with van der Waals surface area (Å²) >= 11 is 0. The molecule has 0 bridgehead atoms. The average Bonchev–Trinajstić information content (AvgIpc) is 3.09. The summed E-state index contributed by atoms with van der Waals surface area (Å²) in [6.07, 6.45) is 2.85. The Kier molecular flexibility index (Phi) is 5.87. The molecule has 4 rings (SSSR count). The van der Waals surface area contributed by atoms with Crippen LogP contribution in [0, 0.1) is 0 Å². The maximum atomic E-state index is 13.4. The molecule has 0 aliphatic carbocycles. The van der Waals surface area contributed by atoms with Crippen molar-refractivity contribution in [3.8, 4) is 0 Å². The number of fused-ring (bicyclic) bond motifs is 2. The van der Waals surface area contributed by atoms with E-state index in [0.717, 1.165) is 10.3 Å². The van der Waals surface area contributed by atoms with Crippen LogP contribution in [-0.2, 0) is 9.47 Å². The van der Waals surface area contributed by atoms with Gasteiger partial charge in [0, 0.05) is 5.39 Å². The molecule has 1 aliphatic heterocycles. The van der Waals surface area contributed by atoms with Crippen LogP contribution >= 0.6 is 0 Å². The van der Waals surface area contributed by atoms with Crippen molar-refractivity contribution in [2.24, 2.45) is 0 Å². The van der Waals surface area contributed by atoms with Crippen molar-refractivity contribution < 1.29 is 28.7 Å². The van der Waals surface area contributed by atoms with Crippen LogP contribution in [-0.4, -0.2) is 37.0 Å². The van der Waals surface area contributed by atoms with E-state index in [1.165, 1.54) is 36.4 Å². The van der Waals surface area contributed by atoms with Gasteiger partial charge < -0.3 is 9.47 Å². The summed E-state index contributed by atoms with van der Waals surface area (Å²) in [6, 6.07) is 14.5. The topological polar surface area (TPSA) is 90.0 Å². The molecule has 1 aliphatic rings. The number of ether oxygens (including phenoxy) is 2. The number of rotatable bonds is 7. The Morgan fingerprint density at radius 1 is 0.818 bits per heavy atom. The van der Waals surface area contributed by atoms with E-state index in [0.29, 0.717) is 5.39 Å². The molecule has 7 heteroatoms. The van der Waals surface area contributed by atoms with Crippen molar-refractivity contribution in [1.29, 1.82) is 0 Å². The summed E-state index contributed by atoms with van der Waals surface area (Å²) in [5.74, 6) is -2.59. The summed E-state index contributed by atoms with van der Waals surface area (Å²) in [6.45, 7) is 7.01. The quantitative estimate of drug-likeness (QED) is 0.308. The van der Waals surface area contributed by atoms with E-state index in [-0.39, 0.29) is 41.2 Å². The number of hydrogen-bond acceptors (Lipinski definition) is 6. The average molecular weight is 441 g/mol. The Morgan fingerprint density at radius 3 is 2.21 bits per heavy atom. The lowest BCUT2D eigenvalue weighted by Crippen LogP contribution is -2.31. The predicted octanol–water partition coefficient (Wildman–Crippen LogP) is 4.33. The number of nitrogens with zero attached hydrogens (tertiary/aromatic N) is 1. The minimum Gasteiger partial charge on any atom is -0.458 e. The van der Waals surface area contributed by atoms with Gasteiger partial charge in [0.25, 0.3) is 11.8 Å². The van der Waals surface area contributed by atoms with Gasteiger partial charge in [-0.25, -0.2) is 14.5 Å². The van der Waals surface area contributed by atoms with Crippen LogP contribution < -0.4 is 4.90 Å². The van der Waals surface area contributed by atoms with E-state index in [2.05, 4.69) is 13.2 Å². The first-order chi connectivity index (χ1) is 16.0. The van der Waals surface area contributed by atoms with Crippen molar-refractivity contribution in [3.05, 3.63) is 102 Å². The highest BCUT2D eigenvalue weighted by Crippen LogP contribution is 2.37. The molecule has 164 valence electrons. The molecule has 33 heavy (non-hydrogen) atoms. The first-order valence-electron chi connectivity index (χ1n) is 10.1. The zero-order valence-corrected chi connectivity index (χ0v) is 17.6. The minimum absolute atomic E-state index is 0.0150. The molecule has 3 aromatic rings. The minimum atomic E-state index is -0.694. The Hall–Kier alpha value is -4.52. The predicted molar refractivity (Wildman–Crippen MR) is 122 cm³/mol. The van der Waals surface area contributed by atoms with E-state index < -0.39 is 23.8 Å². The highest BCUT2D eigenvalue weighted by atomic mass is 16.5. The number of hydrogen-bond donors (Lipinski definition) is 0. The lowest BCUT2D eigenvalue weighted by molar-refractivity contribution is 0.0541. The molecule has 0 saturated carbocycles. The summed E-state index contributed by atoms with van der Waals surface area (Å²) in [5, 5.41) is 1.27. The van der Waals surface area contributed by atoms with E-state index in [1.807, 2.05) is 12.1 Å². The van der Waals surface area contributed by atoms with Gasteiger partial charge in [-0.05, 0) is 29.7 Å². The number of anilines is 1. The second-order valence-electron chi connectivity index (χ2n) is 7.16. The Labute approximate surface area is 189 Å². The second kappa shape index (κ2) is 8.92. The fraction of sp³-hybridized carbons (Fsp3) is 0.0769. The maximum Gasteiger partial charge on any atom is 0.340 e. The van der Waals surface area contributed by atoms with Gasteiger partial charge in [0.05, 0.1) is 27.9 Å². The summed E-state index contributed by atoms with van der Waals surface area (Å²) in [4.78, 5) is 52.6. The van der Waals surface area contributed by atoms with Gasteiger partial charge in [-0.1, -0.05) is 55.6 Å². The first-order valence-corrected chi connectivity index (χ1v) is 10.1. The smallest absolute Gasteiger partial charge is 0.340 e. The lowest BCUT2D eigenvalue weighted by atomic mass is 10.0. The molecule has 0 aromatic heterocycles. The third kappa shape index (κ3) is 3.80. The van der Waals surface area contributed by atoms with Gasteiger partial charge in [0.15, 0.2) is 0 Å². The zero-order chi connectivity index (χ0) is 23.5. The molecule has 0 N–H and O–H groups in total. The number of imide groups is 1. The molecule has 2 amide bonds. The molecule has 0 radical (unpaired) electrons. The van der Waals surface area contributed by atoms with Crippen molar-refractivity contribution in [3.63, 3.8) is 0 Å². The number of carbonyl (C=O) groups is 4. The molecule has 3 aromatic carbocycles. The fourth-order valence-electron chi connectivity index (χ4n) is 3.66. The Morgan fingerprint density at radius 2 is 1.48 bits per heavy atom. The normalized spacial score (nSPS) is 12.4. The van der Waals surface area contributed by atoms with Crippen LogP contribution in [0.4, 0.5) is 5.69 Å². The largest absolute Gasteiger partial charge is 0.458 e.